The van der Waals surface area contributed by atoms with Gasteiger partial charge in [-0.25, -0.2) is 0 Å². The van der Waals surface area contributed by atoms with Crippen molar-refractivity contribution in [3.05, 3.63) is 28.2 Å². The van der Waals surface area contributed by atoms with E-state index >= 15 is 0 Å². The SMILES string of the molecule is CNC(=O)c1cc(O)ccc1Br. The lowest BCUT2D eigenvalue weighted by Gasteiger charge is -2.02. The number of benzene rings is 1. The molecule has 64 valence electrons. The van der Waals surface area contributed by atoms with Crippen molar-refractivity contribution in [3.63, 3.8) is 0 Å². The minimum absolute atomic E-state index is 0.0804. The van der Waals surface area contributed by atoms with E-state index < -0.39 is 0 Å². The highest BCUT2D eigenvalue weighted by atomic mass is 79.9. The summed E-state index contributed by atoms with van der Waals surface area (Å²) in [6.45, 7) is 0. The number of rotatable bonds is 1. The third-order valence-corrected chi connectivity index (χ3v) is 2.11. The number of phenols is 1. The van der Waals surface area contributed by atoms with E-state index in [1.165, 1.54) is 12.1 Å². The van der Waals surface area contributed by atoms with Crippen LogP contribution < -0.4 is 5.32 Å². The van der Waals surface area contributed by atoms with E-state index in [-0.39, 0.29) is 11.7 Å². The fourth-order valence-electron chi connectivity index (χ4n) is 0.822. The van der Waals surface area contributed by atoms with Crippen molar-refractivity contribution in [1.82, 2.24) is 5.32 Å². The molecular formula is C8H8BrNO2. The van der Waals surface area contributed by atoms with Crippen LogP contribution in [0.3, 0.4) is 0 Å². The highest BCUT2D eigenvalue weighted by molar-refractivity contribution is 9.10. The molecule has 0 aliphatic heterocycles. The number of phenolic OH excluding ortho intramolecular Hbond substituents is 1. The molecule has 2 N–H and O–H groups in total. The zero-order chi connectivity index (χ0) is 9.14. The maximum absolute atomic E-state index is 11.1. The van der Waals surface area contributed by atoms with Crippen LogP contribution in [0.15, 0.2) is 22.7 Å². The lowest BCUT2D eigenvalue weighted by Crippen LogP contribution is -2.18. The van der Waals surface area contributed by atoms with Crippen molar-refractivity contribution in [2.45, 2.75) is 0 Å². The summed E-state index contributed by atoms with van der Waals surface area (Å²) in [7, 11) is 1.54. The fourth-order valence-corrected chi connectivity index (χ4v) is 1.25. The van der Waals surface area contributed by atoms with E-state index in [2.05, 4.69) is 21.2 Å². The number of hydrogen-bond acceptors (Lipinski definition) is 2. The van der Waals surface area contributed by atoms with Crippen molar-refractivity contribution in [3.8, 4) is 5.75 Å². The molecule has 0 bridgehead atoms. The molecule has 3 nitrogen and oxygen atoms in total. The summed E-state index contributed by atoms with van der Waals surface area (Å²) in [6.07, 6.45) is 0. The van der Waals surface area contributed by atoms with Gasteiger partial charge in [0.1, 0.15) is 5.75 Å². The van der Waals surface area contributed by atoms with Gasteiger partial charge in [0.15, 0.2) is 0 Å². The van der Waals surface area contributed by atoms with Gasteiger partial charge in [0.2, 0.25) is 0 Å². The Morgan fingerprint density at radius 3 is 2.83 bits per heavy atom. The first-order chi connectivity index (χ1) is 5.65. The fraction of sp³-hybridized carbons (Fsp3) is 0.125. The summed E-state index contributed by atoms with van der Waals surface area (Å²) in [5.41, 5.74) is 0.428. The number of hydrogen-bond donors (Lipinski definition) is 2. The molecule has 0 aliphatic carbocycles. The molecule has 0 aromatic heterocycles. The smallest absolute Gasteiger partial charge is 0.252 e. The van der Waals surface area contributed by atoms with Crippen LogP contribution in [0.25, 0.3) is 0 Å². The summed E-state index contributed by atoms with van der Waals surface area (Å²) in [6, 6.07) is 4.54. The maximum Gasteiger partial charge on any atom is 0.252 e. The van der Waals surface area contributed by atoms with Crippen LogP contribution in [-0.4, -0.2) is 18.1 Å². The van der Waals surface area contributed by atoms with Gasteiger partial charge < -0.3 is 10.4 Å². The van der Waals surface area contributed by atoms with Crippen LogP contribution in [0.2, 0.25) is 0 Å². The summed E-state index contributed by atoms with van der Waals surface area (Å²) in [5.74, 6) is -0.144. The van der Waals surface area contributed by atoms with Crippen molar-refractivity contribution in [2.75, 3.05) is 7.05 Å². The third-order valence-electron chi connectivity index (χ3n) is 1.42. The average molecular weight is 230 g/mol. The molecule has 1 amide bonds. The molecular weight excluding hydrogens is 222 g/mol. The highest BCUT2D eigenvalue weighted by Gasteiger charge is 2.07. The largest absolute Gasteiger partial charge is 0.508 e. The van der Waals surface area contributed by atoms with Gasteiger partial charge in [-0.1, -0.05) is 0 Å². The molecule has 0 spiro atoms. The second kappa shape index (κ2) is 3.58. The lowest BCUT2D eigenvalue weighted by molar-refractivity contribution is 0.0962. The molecule has 4 heteroatoms. The monoisotopic (exact) mass is 229 g/mol. The summed E-state index contributed by atoms with van der Waals surface area (Å²) >= 11 is 3.20. The molecule has 1 aromatic rings. The van der Waals surface area contributed by atoms with E-state index in [4.69, 9.17) is 5.11 Å². The normalized spacial score (nSPS) is 9.50. The Balaban J connectivity index is 3.13. The van der Waals surface area contributed by atoms with Gasteiger partial charge in [0, 0.05) is 11.5 Å². The predicted molar refractivity (Wildman–Crippen MR) is 49.2 cm³/mol. The molecule has 1 aromatic carbocycles. The summed E-state index contributed by atoms with van der Waals surface area (Å²) < 4.78 is 0.666. The standard InChI is InChI=1S/C8H8BrNO2/c1-10-8(12)6-4-5(11)2-3-7(6)9/h2-4,11H,1H3,(H,10,12). The van der Waals surface area contributed by atoms with E-state index in [0.29, 0.717) is 10.0 Å². The lowest BCUT2D eigenvalue weighted by atomic mass is 10.2. The van der Waals surface area contributed by atoms with E-state index in [9.17, 15) is 4.79 Å². The van der Waals surface area contributed by atoms with Crippen LogP contribution in [0.4, 0.5) is 0 Å². The summed E-state index contributed by atoms with van der Waals surface area (Å²) in [4.78, 5) is 11.1. The first-order valence-electron chi connectivity index (χ1n) is 3.35. The Bertz CT molecular complexity index is 312. The van der Waals surface area contributed by atoms with Gasteiger partial charge in [-0.05, 0) is 34.1 Å². The van der Waals surface area contributed by atoms with Crippen LogP contribution >= 0.6 is 15.9 Å². The maximum atomic E-state index is 11.1. The van der Waals surface area contributed by atoms with Crippen LogP contribution in [-0.2, 0) is 0 Å². The minimum atomic E-state index is -0.224. The van der Waals surface area contributed by atoms with Crippen molar-refractivity contribution in [1.29, 1.82) is 0 Å². The molecule has 0 atom stereocenters. The Morgan fingerprint density at radius 1 is 1.58 bits per heavy atom. The third kappa shape index (κ3) is 1.76. The van der Waals surface area contributed by atoms with E-state index in [0.717, 1.165) is 0 Å². The van der Waals surface area contributed by atoms with Crippen LogP contribution in [0, 0.1) is 0 Å². The van der Waals surface area contributed by atoms with Gasteiger partial charge in [-0.3, -0.25) is 4.79 Å². The second-order valence-electron chi connectivity index (χ2n) is 2.24. The van der Waals surface area contributed by atoms with E-state index in [1.807, 2.05) is 0 Å². The Hall–Kier alpha value is -1.03. The molecule has 12 heavy (non-hydrogen) atoms. The zero-order valence-corrected chi connectivity index (χ0v) is 8.05. The van der Waals surface area contributed by atoms with Gasteiger partial charge in [-0.2, -0.15) is 0 Å². The Labute approximate surface area is 78.5 Å². The van der Waals surface area contributed by atoms with Crippen LogP contribution in [0.5, 0.6) is 5.75 Å². The number of aromatic hydroxyl groups is 1. The van der Waals surface area contributed by atoms with Gasteiger partial charge in [-0.15, -0.1) is 0 Å². The molecule has 0 saturated carbocycles. The molecule has 1 rings (SSSR count). The number of carbonyl (C=O) groups is 1. The van der Waals surface area contributed by atoms with Gasteiger partial charge in [0.25, 0.3) is 5.91 Å². The Kier molecular flexibility index (Phi) is 2.70. The topological polar surface area (TPSA) is 49.3 Å². The Morgan fingerprint density at radius 2 is 2.25 bits per heavy atom. The number of nitrogens with one attached hydrogen (secondary N) is 1. The number of halogens is 1. The van der Waals surface area contributed by atoms with Gasteiger partial charge >= 0.3 is 0 Å². The van der Waals surface area contributed by atoms with Crippen LogP contribution in [0.1, 0.15) is 10.4 Å². The van der Waals surface area contributed by atoms with Crippen molar-refractivity contribution >= 4 is 21.8 Å². The van der Waals surface area contributed by atoms with E-state index in [1.54, 1.807) is 13.1 Å². The number of amides is 1. The first kappa shape index (κ1) is 9.06. The first-order valence-corrected chi connectivity index (χ1v) is 4.15. The highest BCUT2D eigenvalue weighted by Crippen LogP contribution is 2.21. The number of carbonyl (C=O) groups excluding carboxylic acids is 1. The molecule has 0 unspecified atom stereocenters. The molecule has 0 fully saturated rings. The predicted octanol–water partition coefficient (Wildman–Crippen LogP) is 1.51. The van der Waals surface area contributed by atoms with Gasteiger partial charge in [0.05, 0.1) is 5.56 Å². The quantitative estimate of drug-likeness (QED) is 0.768. The van der Waals surface area contributed by atoms with Crippen molar-refractivity contribution in [2.24, 2.45) is 0 Å². The minimum Gasteiger partial charge on any atom is -0.508 e. The molecule has 0 radical (unpaired) electrons. The molecule has 0 saturated heterocycles. The molecule has 0 aliphatic rings. The average Bonchev–Trinajstić information content (AvgIpc) is 2.08. The zero-order valence-electron chi connectivity index (χ0n) is 6.47. The second-order valence-corrected chi connectivity index (χ2v) is 3.10. The van der Waals surface area contributed by atoms with Crippen molar-refractivity contribution < 1.29 is 9.90 Å². The molecule has 0 heterocycles. The summed E-state index contributed by atoms with van der Waals surface area (Å²) in [5, 5.41) is 11.6.